The zero-order valence-corrected chi connectivity index (χ0v) is 11.7. The van der Waals surface area contributed by atoms with Crippen LogP contribution in [0.15, 0.2) is 17.3 Å². The molecule has 0 aromatic heterocycles. The maximum absolute atomic E-state index is 9.50. The normalized spacial score (nSPS) is 40.3. The molecule has 0 amide bonds. The molecule has 4 heteroatoms. The molecular formula is C13H22N2OS. The highest BCUT2D eigenvalue weighted by molar-refractivity contribution is 8.15. The van der Waals surface area contributed by atoms with E-state index < -0.39 is 0 Å². The van der Waals surface area contributed by atoms with Crippen LogP contribution < -0.4 is 5.32 Å². The lowest BCUT2D eigenvalue weighted by Crippen LogP contribution is -2.28. The summed E-state index contributed by atoms with van der Waals surface area (Å²) in [6.07, 6.45) is 2.53. The third-order valence-electron chi connectivity index (χ3n) is 3.94. The van der Waals surface area contributed by atoms with Crippen LogP contribution >= 0.6 is 11.8 Å². The second-order valence-corrected chi connectivity index (χ2v) is 6.96. The van der Waals surface area contributed by atoms with Crippen LogP contribution in [0.3, 0.4) is 0 Å². The molecule has 0 bridgehead atoms. The fourth-order valence-corrected chi connectivity index (χ4v) is 3.47. The van der Waals surface area contributed by atoms with E-state index in [1.165, 1.54) is 0 Å². The summed E-state index contributed by atoms with van der Waals surface area (Å²) in [6.45, 7) is 10.7. The van der Waals surface area contributed by atoms with Gasteiger partial charge in [0.15, 0.2) is 5.17 Å². The molecule has 0 unspecified atom stereocenters. The number of thioether (sulfide) groups is 1. The summed E-state index contributed by atoms with van der Waals surface area (Å²) >= 11 is 1.77. The number of amidine groups is 1. The Morgan fingerprint density at radius 2 is 2.24 bits per heavy atom. The Morgan fingerprint density at radius 3 is 2.71 bits per heavy atom. The first-order valence-electron chi connectivity index (χ1n) is 6.33. The lowest BCUT2D eigenvalue weighted by Gasteiger charge is -2.26. The summed E-state index contributed by atoms with van der Waals surface area (Å²) in [5.41, 5.74) is 1.05. The summed E-state index contributed by atoms with van der Waals surface area (Å²) in [5.74, 6) is 0.523. The molecule has 2 rings (SSSR count). The summed E-state index contributed by atoms with van der Waals surface area (Å²) < 4.78 is 0.0378. The summed E-state index contributed by atoms with van der Waals surface area (Å²) in [5, 5.41) is 13.8. The van der Waals surface area contributed by atoms with Crippen molar-refractivity contribution < 1.29 is 5.11 Å². The van der Waals surface area contributed by atoms with Crippen LogP contribution in [0.5, 0.6) is 0 Å². The number of rotatable bonds is 2. The number of aliphatic imine (C=N–C) groups is 1. The number of aliphatic hydroxyl groups excluding tert-OH is 1. The quantitative estimate of drug-likeness (QED) is 0.796. The Kier molecular flexibility index (Phi) is 3.55. The van der Waals surface area contributed by atoms with Crippen molar-refractivity contribution in [3.63, 3.8) is 0 Å². The molecular weight excluding hydrogens is 232 g/mol. The van der Waals surface area contributed by atoms with Crippen molar-refractivity contribution in [3.05, 3.63) is 12.3 Å². The molecule has 17 heavy (non-hydrogen) atoms. The van der Waals surface area contributed by atoms with E-state index in [4.69, 9.17) is 4.99 Å². The van der Waals surface area contributed by atoms with Gasteiger partial charge in [-0.2, -0.15) is 0 Å². The van der Waals surface area contributed by atoms with E-state index in [0.717, 1.165) is 30.1 Å². The first-order chi connectivity index (χ1) is 7.91. The Balaban J connectivity index is 2.06. The number of aliphatic hydroxyl groups is 1. The Morgan fingerprint density at radius 1 is 1.53 bits per heavy atom. The van der Waals surface area contributed by atoms with Gasteiger partial charge in [0, 0.05) is 5.70 Å². The smallest absolute Gasteiger partial charge is 0.162 e. The second-order valence-electron chi connectivity index (χ2n) is 5.52. The van der Waals surface area contributed by atoms with Gasteiger partial charge in [0.2, 0.25) is 0 Å². The van der Waals surface area contributed by atoms with Gasteiger partial charge in [-0.1, -0.05) is 32.2 Å². The molecule has 1 saturated heterocycles. The van der Waals surface area contributed by atoms with Crippen LogP contribution in [0.1, 0.15) is 40.0 Å². The molecule has 2 fully saturated rings. The van der Waals surface area contributed by atoms with Crippen molar-refractivity contribution in [1.29, 1.82) is 0 Å². The summed E-state index contributed by atoms with van der Waals surface area (Å²) in [6, 6.07) is 0.280. The predicted molar refractivity (Wildman–Crippen MR) is 74.2 cm³/mol. The van der Waals surface area contributed by atoms with E-state index in [1.54, 1.807) is 11.8 Å². The SMILES string of the molecule is C=C1NC(=N[C@@H]2CC[C@@H](O)C2)S[C@@]1(C)C(C)C. The van der Waals surface area contributed by atoms with Crippen molar-refractivity contribution in [1.82, 2.24) is 5.32 Å². The molecule has 1 aliphatic heterocycles. The first-order valence-corrected chi connectivity index (χ1v) is 7.14. The van der Waals surface area contributed by atoms with E-state index in [2.05, 4.69) is 32.7 Å². The topological polar surface area (TPSA) is 44.6 Å². The van der Waals surface area contributed by atoms with Crippen LogP contribution in [0, 0.1) is 5.92 Å². The number of nitrogens with one attached hydrogen (secondary N) is 1. The van der Waals surface area contributed by atoms with Crippen molar-refractivity contribution in [2.24, 2.45) is 10.9 Å². The van der Waals surface area contributed by atoms with Crippen molar-refractivity contribution in [3.8, 4) is 0 Å². The Bertz CT molecular complexity index is 353. The van der Waals surface area contributed by atoms with E-state index >= 15 is 0 Å². The van der Waals surface area contributed by atoms with Gasteiger partial charge in [-0.05, 0) is 32.1 Å². The molecule has 1 aliphatic carbocycles. The highest BCUT2D eigenvalue weighted by atomic mass is 32.2. The zero-order valence-electron chi connectivity index (χ0n) is 10.9. The largest absolute Gasteiger partial charge is 0.393 e. The molecule has 2 N–H and O–H groups in total. The first kappa shape index (κ1) is 13.0. The maximum Gasteiger partial charge on any atom is 0.162 e. The summed E-state index contributed by atoms with van der Waals surface area (Å²) in [4.78, 5) is 4.70. The van der Waals surface area contributed by atoms with Crippen LogP contribution in [-0.2, 0) is 0 Å². The van der Waals surface area contributed by atoms with Crippen molar-refractivity contribution in [2.45, 2.75) is 56.9 Å². The van der Waals surface area contributed by atoms with E-state index in [0.29, 0.717) is 5.92 Å². The Labute approximate surface area is 108 Å². The molecule has 3 nitrogen and oxygen atoms in total. The van der Waals surface area contributed by atoms with Gasteiger partial charge in [0.1, 0.15) is 0 Å². The summed E-state index contributed by atoms with van der Waals surface area (Å²) in [7, 11) is 0. The van der Waals surface area contributed by atoms with Gasteiger partial charge in [-0.3, -0.25) is 4.99 Å². The molecule has 0 aromatic rings. The molecule has 0 spiro atoms. The van der Waals surface area contributed by atoms with E-state index in [1.807, 2.05) is 0 Å². The zero-order chi connectivity index (χ0) is 12.6. The highest BCUT2D eigenvalue weighted by Gasteiger charge is 2.40. The second kappa shape index (κ2) is 4.65. The molecule has 0 radical (unpaired) electrons. The predicted octanol–water partition coefficient (Wildman–Crippen LogP) is 2.52. The molecule has 0 aromatic carbocycles. The average molecular weight is 254 g/mol. The van der Waals surface area contributed by atoms with Gasteiger partial charge in [0.05, 0.1) is 16.9 Å². The molecule has 2 aliphatic rings. The van der Waals surface area contributed by atoms with Gasteiger partial charge in [-0.15, -0.1) is 0 Å². The number of hydrogen-bond acceptors (Lipinski definition) is 3. The van der Waals surface area contributed by atoms with Gasteiger partial charge < -0.3 is 10.4 Å². The minimum Gasteiger partial charge on any atom is -0.393 e. The Hall–Kier alpha value is -0.480. The standard InChI is InChI=1S/C13H22N2OS/c1-8(2)13(4)9(3)14-12(17-13)15-10-5-6-11(16)7-10/h8,10-11,16H,3,5-7H2,1-2,4H3,(H,14,15)/t10-,11-,13+/m1/s1. The number of nitrogens with zero attached hydrogens (tertiary/aromatic N) is 1. The molecule has 96 valence electrons. The molecule has 1 saturated carbocycles. The van der Waals surface area contributed by atoms with Crippen molar-refractivity contribution in [2.75, 3.05) is 0 Å². The maximum atomic E-state index is 9.50. The van der Waals surface area contributed by atoms with Gasteiger partial charge in [-0.25, -0.2) is 0 Å². The fraction of sp³-hybridized carbons (Fsp3) is 0.769. The fourth-order valence-electron chi connectivity index (χ4n) is 2.28. The lowest BCUT2D eigenvalue weighted by atomic mass is 9.94. The monoisotopic (exact) mass is 254 g/mol. The molecule has 1 heterocycles. The minimum absolute atomic E-state index is 0.0378. The van der Waals surface area contributed by atoms with Crippen LogP contribution in [0.4, 0.5) is 0 Å². The third-order valence-corrected chi connectivity index (χ3v) is 5.49. The van der Waals surface area contributed by atoms with Gasteiger partial charge >= 0.3 is 0 Å². The number of hydrogen-bond donors (Lipinski definition) is 2. The van der Waals surface area contributed by atoms with Gasteiger partial charge in [0.25, 0.3) is 0 Å². The van der Waals surface area contributed by atoms with Crippen molar-refractivity contribution >= 4 is 16.9 Å². The van der Waals surface area contributed by atoms with E-state index in [-0.39, 0.29) is 16.9 Å². The third kappa shape index (κ3) is 2.52. The van der Waals surface area contributed by atoms with Crippen LogP contribution in [-0.4, -0.2) is 27.2 Å². The average Bonchev–Trinajstić information content (AvgIpc) is 2.74. The van der Waals surface area contributed by atoms with E-state index in [9.17, 15) is 5.11 Å². The molecule has 3 atom stereocenters. The van der Waals surface area contributed by atoms with Crippen LogP contribution in [0.2, 0.25) is 0 Å². The highest BCUT2D eigenvalue weighted by Crippen LogP contribution is 2.43. The minimum atomic E-state index is -0.157. The van der Waals surface area contributed by atoms with Crippen LogP contribution in [0.25, 0.3) is 0 Å². The lowest BCUT2D eigenvalue weighted by molar-refractivity contribution is 0.181.